The molecule has 1 aromatic rings. The predicted octanol–water partition coefficient (Wildman–Crippen LogP) is 3.37. The molecule has 0 N–H and O–H groups in total. The van der Waals surface area contributed by atoms with Crippen LogP contribution in [0.5, 0.6) is 0 Å². The van der Waals surface area contributed by atoms with Gasteiger partial charge < -0.3 is 4.74 Å². The number of halogens is 2. The van der Waals surface area contributed by atoms with Gasteiger partial charge in [0.05, 0.1) is 0 Å². The van der Waals surface area contributed by atoms with E-state index in [1.807, 2.05) is 37.3 Å². The number of benzene rings is 1. The van der Waals surface area contributed by atoms with Crippen molar-refractivity contribution in [3.05, 3.63) is 35.9 Å². The molecule has 4 heteroatoms. The average molecular weight is 251 g/mol. The van der Waals surface area contributed by atoms with E-state index in [0.717, 1.165) is 12.0 Å². The number of rotatable bonds is 4. The van der Waals surface area contributed by atoms with Gasteiger partial charge in [-0.05, 0) is 12.0 Å². The van der Waals surface area contributed by atoms with Gasteiger partial charge in [0.1, 0.15) is 6.61 Å². The fraction of sp³-hybridized carbons (Fsp3) is 0.364. The summed E-state index contributed by atoms with van der Waals surface area (Å²) in [6, 6.07) is 9.70. The largest absolute Gasteiger partial charge is 0.461 e. The van der Waals surface area contributed by atoms with Gasteiger partial charge >= 0.3 is 5.97 Å². The minimum absolute atomic E-state index is 0. The molecule has 0 spiro atoms. The SMILES string of the molecule is CCCC(=O)OCc1ccccc1.Cl.Cl. The maximum absolute atomic E-state index is 11.0. The number of ether oxygens (including phenoxy) is 1. The molecule has 1 aromatic carbocycles. The molecule has 0 aromatic heterocycles. The molecule has 0 heterocycles. The smallest absolute Gasteiger partial charge is 0.306 e. The van der Waals surface area contributed by atoms with Gasteiger partial charge in [-0.1, -0.05) is 37.3 Å². The van der Waals surface area contributed by atoms with Crippen LogP contribution in [0, 0.1) is 0 Å². The minimum atomic E-state index is -0.119. The summed E-state index contributed by atoms with van der Waals surface area (Å²) in [5.41, 5.74) is 1.03. The van der Waals surface area contributed by atoms with E-state index in [2.05, 4.69) is 0 Å². The van der Waals surface area contributed by atoms with Crippen molar-refractivity contribution in [3.8, 4) is 0 Å². The quantitative estimate of drug-likeness (QED) is 0.767. The van der Waals surface area contributed by atoms with Crippen LogP contribution in [0.4, 0.5) is 0 Å². The van der Waals surface area contributed by atoms with Gasteiger partial charge in [0.15, 0.2) is 0 Å². The molecule has 0 radical (unpaired) electrons. The summed E-state index contributed by atoms with van der Waals surface area (Å²) in [5, 5.41) is 0. The van der Waals surface area contributed by atoms with Crippen LogP contribution in [0.1, 0.15) is 25.3 Å². The first-order valence-electron chi connectivity index (χ1n) is 4.52. The van der Waals surface area contributed by atoms with Crippen molar-refractivity contribution in [2.24, 2.45) is 0 Å². The second-order valence-corrected chi connectivity index (χ2v) is 2.90. The van der Waals surface area contributed by atoms with Crippen LogP contribution in [0.2, 0.25) is 0 Å². The van der Waals surface area contributed by atoms with E-state index < -0.39 is 0 Å². The fourth-order valence-corrected chi connectivity index (χ4v) is 1.01. The van der Waals surface area contributed by atoms with Crippen molar-refractivity contribution in [1.29, 1.82) is 0 Å². The molecule has 0 saturated carbocycles. The van der Waals surface area contributed by atoms with Crippen molar-refractivity contribution < 1.29 is 9.53 Å². The van der Waals surface area contributed by atoms with Gasteiger partial charge in [0, 0.05) is 6.42 Å². The van der Waals surface area contributed by atoms with Crippen LogP contribution >= 0.6 is 24.8 Å². The summed E-state index contributed by atoms with van der Waals surface area (Å²) in [6.07, 6.45) is 1.35. The van der Waals surface area contributed by atoms with Gasteiger partial charge in [-0.3, -0.25) is 4.79 Å². The van der Waals surface area contributed by atoms with Crippen LogP contribution in [-0.4, -0.2) is 5.97 Å². The molecule has 86 valence electrons. The Labute approximate surface area is 103 Å². The molecular formula is C11H16Cl2O2. The summed E-state index contributed by atoms with van der Waals surface area (Å²) >= 11 is 0. The first kappa shape index (κ1) is 16.7. The molecule has 0 aliphatic heterocycles. The standard InChI is InChI=1S/C11H14O2.2ClH/c1-2-6-11(12)13-9-10-7-4-3-5-8-10;;/h3-5,7-8H,2,6,9H2,1H3;2*1H. The molecule has 1 rings (SSSR count). The van der Waals surface area contributed by atoms with E-state index >= 15 is 0 Å². The lowest BCUT2D eigenvalue weighted by atomic mass is 10.2. The van der Waals surface area contributed by atoms with E-state index in [9.17, 15) is 4.79 Å². The molecule has 0 bridgehead atoms. The number of esters is 1. The molecule has 2 nitrogen and oxygen atoms in total. The molecule has 0 aliphatic rings. The molecule has 15 heavy (non-hydrogen) atoms. The predicted molar refractivity (Wildman–Crippen MR) is 65.6 cm³/mol. The lowest BCUT2D eigenvalue weighted by Gasteiger charge is -2.02. The Morgan fingerprint density at radius 3 is 2.33 bits per heavy atom. The van der Waals surface area contributed by atoms with Crippen LogP contribution in [0.3, 0.4) is 0 Å². The number of carbonyl (C=O) groups is 1. The van der Waals surface area contributed by atoms with Crippen molar-refractivity contribution in [3.63, 3.8) is 0 Å². The number of carbonyl (C=O) groups excluding carboxylic acids is 1. The summed E-state index contributed by atoms with van der Waals surface area (Å²) in [6.45, 7) is 2.35. The van der Waals surface area contributed by atoms with Crippen molar-refractivity contribution in [2.75, 3.05) is 0 Å². The van der Waals surface area contributed by atoms with Gasteiger partial charge in [-0.2, -0.15) is 0 Å². The first-order chi connectivity index (χ1) is 6.33. The second-order valence-electron chi connectivity index (χ2n) is 2.90. The highest BCUT2D eigenvalue weighted by molar-refractivity contribution is 5.85. The highest BCUT2D eigenvalue weighted by atomic mass is 35.5. The van der Waals surface area contributed by atoms with Crippen LogP contribution in [-0.2, 0) is 16.1 Å². The molecule has 0 atom stereocenters. The Kier molecular flexibility index (Phi) is 10.9. The average Bonchev–Trinajstić information content (AvgIpc) is 2.17. The van der Waals surface area contributed by atoms with Gasteiger partial charge in [0.2, 0.25) is 0 Å². The van der Waals surface area contributed by atoms with E-state index in [-0.39, 0.29) is 30.8 Å². The summed E-state index contributed by atoms with van der Waals surface area (Å²) in [5.74, 6) is -0.119. The van der Waals surface area contributed by atoms with Gasteiger partial charge in [-0.25, -0.2) is 0 Å². The molecule has 0 unspecified atom stereocenters. The van der Waals surface area contributed by atoms with Gasteiger partial charge in [0.25, 0.3) is 0 Å². The molecule has 0 amide bonds. The van der Waals surface area contributed by atoms with Crippen molar-refractivity contribution >= 4 is 30.8 Å². The highest BCUT2D eigenvalue weighted by Crippen LogP contribution is 2.02. The first-order valence-corrected chi connectivity index (χ1v) is 4.52. The summed E-state index contributed by atoms with van der Waals surface area (Å²) in [4.78, 5) is 11.0. The molecule has 0 saturated heterocycles. The highest BCUT2D eigenvalue weighted by Gasteiger charge is 2.00. The second kappa shape index (κ2) is 9.81. The molecule has 0 aliphatic carbocycles. The monoisotopic (exact) mass is 250 g/mol. The Bertz CT molecular complexity index is 263. The van der Waals surface area contributed by atoms with Gasteiger partial charge in [-0.15, -0.1) is 24.8 Å². The minimum Gasteiger partial charge on any atom is -0.461 e. The van der Waals surface area contributed by atoms with E-state index in [4.69, 9.17) is 4.74 Å². The topological polar surface area (TPSA) is 26.3 Å². The molecule has 0 fully saturated rings. The van der Waals surface area contributed by atoms with E-state index in [0.29, 0.717) is 13.0 Å². The van der Waals surface area contributed by atoms with Crippen LogP contribution < -0.4 is 0 Å². The fourth-order valence-electron chi connectivity index (χ4n) is 1.01. The zero-order chi connectivity index (χ0) is 9.52. The van der Waals surface area contributed by atoms with Crippen LogP contribution in [0.15, 0.2) is 30.3 Å². The molecular weight excluding hydrogens is 235 g/mol. The lowest BCUT2D eigenvalue weighted by Crippen LogP contribution is -2.03. The number of hydrogen-bond acceptors (Lipinski definition) is 2. The lowest BCUT2D eigenvalue weighted by molar-refractivity contribution is -0.144. The maximum atomic E-state index is 11.0. The zero-order valence-corrected chi connectivity index (χ0v) is 10.3. The summed E-state index contributed by atoms with van der Waals surface area (Å²) < 4.78 is 5.03. The van der Waals surface area contributed by atoms with Crippen LogP contribution in [0.25, 0.3) is 0 Å². The third kappa shape index (κ3) is 7.23. The Morgan fingerprint density at radius 2 is 1.80 bits per heavy atom. The Balaban J connectivity index is 0. The Morgan fingerprint density at radius 1 is 1.20 bits per heavy atom. The third-order valence-corrected chi connectivity index (χ3v) is 1.70. The van der Waals surface area contributed by atoms with E-state index in [1.54, 1.807) is 0 Å². The summed E-state index contributed by atoms with van der Waals surface area (Å²) in [7, 11) is 0. The normalized spacial score (nSPS) is 8.33. The van der Waals surface area contributed by atoms with Crippen molar-refractivity contribution in [1.82, 2.24) is 0 Å². The third-order valence-electron chi connectivity index (χ3n) is 1.70. The van der Waals surface area contributed by atoms with Crippen molar-refractivity contribution in [2.45, 2.75) is 26.4 Å². The van der Waals surface area contributed by atoms with E-state index in [1.165, 1.54) is 0 Å². The zero-order valence-electron chi connectivity index (χ0n) is 8.64. The number of hydrogen-bond donors (Lipinski definition) is 0. The maximum Gasteiger partial charge on any atom is 0.306 e. The Hall–Kier alpha value is -0.730.